The van der Waals surface area contributed by atoms with Gasteiger partial charge in [0.15, 0.2) is 0 Å². The second-order valence-electron chi connectivity index (χ2n) is 5.40. The maximum atomic E-state index is 12.5. The normalized spacial score (nSPS) is 24.0. The standard InChI is InChI=1S/C13H18N2O5S/c1-9-3-4-11(7-12(9)15(17)18)21(19,20)14-6-5-10(2)13(16)8-14/h3-4,7,10,13,16H,5-6,8H2,1-2H3. The zero-order valence-electron chi connectivity index (χ0n) is 11.9. The summed E-state index contributed by atoms with van der Waals surface area (Å²) in [4.78, 5) is 10.2. The zero-order chi connectivity index (χ0) is 15.8. The number of nitro groups is 1. The van der Waals surface area contributed by atoms with Gasteiger partial charge in [-0.05, 0) is 25.3 Å². The minimum atomic E-state index is -3.82. The van der Waals surface area contributed by atoms with Crippen LogP contribution in [0.5, 0.6) is 0 Å². The molecule has 7 nitrogen and oxygen atoms in total. The number of rotatable bonds is 3. The average Bonchev–Trinajstić information content (AvgIpc) is 2.41. The van der Waals surface area contributed by atoms with Gasteiger partial charge in [0.25, 0.3) is 5.69 Å². The van der Waals surface area contributed by atoms with E-state index in [1.165, 1.54) is 16.4 Å². The van der Waals surface area contributed by atoms with Crippen molar-refractivity contribution in [2.24, 2.45) is 5.92 Å². The lowest BCUT2D eigenvalue weighted by Crippen LogP contribution is -2.45. The summed E-state index contributed by atoms with van der Waals surface area (Å²) in [7, 11) is -3.82. The van der Waals surface area contributed by atoms with E-state index in [0.29, 0.717) is 18.5 Å². The Bertz CT molecular complexity index is 659. The van der Waals surface area contributed by atoms with Gasteiger partial charge in [0.05, 0.1) is 15.9 Å². The maximum Gasteiger partial charge on any atom is 0.273 e. The van der Waals surface area contributed by atoms with Crippen molar-refractivity contribution in [2.45, 2.75) is 31.3 Å². The number of piperidine rings is 1. The maximum absolute atomic E-state index is 12.5. The summed E-state index contributed by atoms with van der Waals surface area (Å²) in [5, 5.41) is 20.8. The number of nitro benzene ring substituents is 1. The predicted molar refractivity (Wildman–Crippen MR) is 76.4 cm³/mol. The van der Waals surface area contributed by atoms with E-state index in [1.807, 2.05) is 6.92 Å². The minimum Gasteiger partial charge on any atom is -0.391 e. The second-order valence-corrected chi connectivity index (χ2v) is 7.34. The molecule has 0 radical (unpaired) electrons. The Morgan fingerprint density at radius 1 is 1.43 bits per heavy atom. The molecule has 0 aromatic heterocycles. The quantitative estimate of drug-likeness (QED) is 0.669. The molecule has 116 valence electrons. The highest BCUT2D eigenvalue weighted by atomic mass is 32.2. The molecule has 1 heterocycles. The van der Waals surface area contributed by atoms with Crippen LogP contribution in [-0.2, 0) is 10.0 Å². The van der Waals surface area contributed by atoms with E-state index >= 15 is 0 Å². The molecule has 2 atom stereocenters. The van der Waals surface area contributed by atoms with Gasteiger partial charge < -0.3 is 5.11 Å². The Labute approximate surface area is 123 Å². The van der Waals surface area contributed by atoms with Gasteiger partial charge >= 0.3 is 0 Å². The van der Waals surface area contributed by atoms with E-state index in [9.17, 15) is 23.6 Å². The first-order chi connectivity index (χ1) is 9.73. The molecule has 2 unspecified atom stereocenters. The fourth-order valence-electron chi connectivity index (χ4n) is 2.33. The van der Waals surface area contributed by atoms with Gasteiger partial charge in [0.1, 0.15) is 0 Å². The minimum absolute atomic E-state index is 0.0190. The van der Waals surface area contributed by atoms with Gasteiger partial charge in [0, 0.05) is 24.7 Å². The van der Waals surface area contributed by atoms with Crippen LogP contribution < -0.4 is 0 Å². The Kier molecular flexibility index (Phi) is 4.31. The summed E-state index contributed by atoms with van der Waals surface area (Å²) < 4.78 is 26.2. The van der Waals surface area contributed by atoms with Gasteiger partial charge in [0.2, 0.25) is 10.0 Å². The number of nitrogens with zero attached hydrogens (tertiary/aromatic N) is 2. The molecule has 0 spiro atoms. The highest BCUT2D eigenvalue weighted by molar-refractivity contribution is 7.89. The smallest absolute Gasteiger partial charge is 0.273 e. The number of aliphatic hydroxyl groups excluding tert-OH is 1. The average molecular weight is 314 g/mol. The molecule has 21 heavy (non-hydrogen) atoms. The number of hydrogen-bond acceptors (Lipinski definition) is 5. The molecule has 8 heteroatoms. The van der Waals surface area contributed by atoms with Gasteiger partial charge in [-0.2, -0.15) is 4.31 Å². The summed E-state index contributed by atoms with van der Waals surface area (Å²) in [6.45, 7) is 3.75. The van der Waals surface area contributed by atoms with Crippen molar-refractivity contribution in [2.75, 3.05) is 13.1 Å². The Morgan fingerprint density at radius 2 is 2.10 bits per heavy atom. The van der Waals surface area contributed by atoms with E-state index in [1.54, 1.807) is 6.92 Å². The van der Waals surface area contributed by atoms with Crippen LogP contribution in [-0.4, -0.2) is 41.9 Å². The SMILES string of the molecule is Cc1ccc(S(=O)(=O)N2CCC(C)C(O)C2)cc1[N+](=O)[O-]. The molecule has 1 aromatic carbocycles. The molecule has 1 aliphatic rings. The third-order valence-electron chi connectivity index (χ3n) is 3.90. The summed E-state index contributed by atoms with van der Waals surface area (Å²) in [6.07, 6.45) is -0.150. The first kappa shape index (κ1) is 15.9. The number of benzene rings is 1. The zero-order valence-corrected chi connectivity index (χ0v) is 12.7. The van der Waals surface area contributed by atoms with E-state index in [-0.39, 0.29) is 23.0 Å². The van der Waals surface area contributed by atoms with Crippen molar-refractivity contribution < 1.29 is 18.4 Å². The molecule has 2 rings (SSSR count). The van der Waals surface area contributed by atoms with Crippen LogP contribution in [0.15, 0.2) is 23.1 Å². The van der Waals surface area contributed by atoms with E-state index in [2.05, 4.69) is 0 Å². The lowest BCUT2D eigenvalue weighted by Gasteiger charge is -2.33. The van der Waals surface area contributed by atoms with Crippen LogP contribution in [0.2, 0.25) is 0 Å². The van der Waals surface area contributed by atoms with Gasteiger partial charge in [-0.1, -0.05) is 13.0 Å². The highest BCUT2D eigenvalue weighted by Gasteiger charge is 2.33. The number of β-amino-alcohol motifs (C(OH)–C–C–N with tert-alkyl or cyclic N) is 1. The largest absolute Gasteiger partial charge is 0.391 e. The van der Waals surface area contributed by atoms with Crippen LogP contribution in [0.1, 0.15) is 18.9 Å². The summed E-state index contributed by atoms with van der Waals surface area (Å²) in [5.41, 5.74) is 0.188. The molecular formula is C13H18N2O5S. The van der Waals surface area contributed by atoms with Crippen LogP contribution in [0.25, 0.3) is 0 Å². The number of sulfonamides is 1. The molecule has 0 amide bonds. The van der Waals surface area contributed by atoms with Gasteiger partial charge in [-0.25, -0.2) is 8.42 Å². The van der Waals surface area contributed by atoms with Crippen molar-refractivity contribution in [1.82, 2.24) is 4.31 Å². The van der Waals surface area contributed by atoms with Crippen molar-refractivity contribution in [3.05, 3.63) is 33.9 Å². The third kappa shape index (κ3) is 3.07. The van der Waals surface area contributed by atoms with Crippen LogP contribution in [0, 0.1) is 23.0 Å². The first-order valence-electron chi connectivity index (χ1n) is 6.66. The molecule has 1 fully saturated rings. The molecular weight excluding hydrogens is 296 g/mol. The van der Waals surface area contributed by atoms with Crippen molar-refractivity contribution in [1.29, 1.82) is 0 Å². The topological polar surface area (TPSA) is 101 Å². The number of aryl methyl sites for hydroxylation is 1. The van der Waals surface area contributed by atoms with Crippen molar-refractivity contribution in [3.63, 3.8) is 0 Å². The predicted octanol–water partition coefficient (Wildman–Crippen LogP) is 1.29. The molecule has 1 aromatic rings. The first-order valence-corrected chi connectivity index (χ1v) is 8.10. The van der Waals surface area contributed by atoms with E-state index < -0.39 is 21.1 Å². The van der Waals surface area contributed by atoms with Gasteiger partial charge in [-0.3, -0.25) is 10.1 Å². The monoisotopic (exact) mass is 314 g/mol. The molecule has 1 aliphatic heterocycles. The van der Waals surface area contributed by atoms with Crippen LogP contribution >= 0.6 is 0 Å². The number of aliphatic hydroxyl groups is 1. The van der Waals surface area contributed by atoms with E-state index in [4.69, 9.17) is 0 Å². The molecule has 0 bridgehead atoms. The Morgan fingerprint density at radius 3 is 2.67 bits per heavy atom. The van der Waals surface area contributed by atoms with Crippen LogP contribution in [0.4, 0.5) is 5.69 Å². The van der Waals surface area contributed by atoms with Crippen molar-refractivity contribution >= 4 is 15.7 Å². The lowest BCUT2D eigenvalue weighted by molar-refractivity contribution is -0.385. The fraction of sp³-hybridized carbons (Fsp3) is 0.538. The van der Waals surface area contributed by atoms with Crippen LogP contribution in [0.3, 0.4) is 0 Å². The number of hydrogen-bond donors (Lipinski definition) is 1. The fourth-order valence-corrected chi connectivity index (χ4v) is 3.83. The second kappa shape index (κ2) is 5.70. The molecule has 1 N–H and O–H groups in total. The third-order valence-corrected chi connectivity index (χ3v) is 5.76. The Hall–Kier alpha value is -1.51. The van der Waals surface area contributed by atoms with E-state index in [0.717, 1.165) is 6.07 Å². The molecule has 0 saturated carbocycles. The molecule has 0 aliphatic carbocycles. The Balaban J connectivity index is 2.36. The molecule has 1 saturated heterocycles. The van der Waals surface area contributed by atoms with Crippen molar-refractivity contribution in [3.8, 4) is 0 Å². The van der Waals surface area contributed by atoms with Gasteiger partial charge in [-0.15, -0.1) is 0 Å². The summed E-state index contributed by atoms with van der Waals surface area (Å²) >= 11 is 0. The highest BCUT2D eigenvalue weighted by Crippen LogP contribution is 2.27. The summed E-state index contributed by atoms with van der Waals surface area (Å²) in [6, 6.07) is 3.87. The lowest BCUT2D eigenvalue weighted by atomic mass is 9.98. The summed E-state index contributed by atoms with van der Waals surface area (Å²) in [5.74, 6) is 0.0452.